The van der Waals surface area contributed by atoms with E-state index in [1.807, 2.05) is 30.5 Å². The smallest absolute Gasteiger partial charge is 0.132 e. The number of nitrogens with two attached hydrogens (primary N) is 1. The van der Waals surface area contributed by atoms with E-state index < -0.39 is 6.04 Å². The Labute approximate surface area is 116 Å². The van der Waals surface area contributed by atoms with Crippen molar-refractivity contribution in [2.24, 2.45) is 5.73 Å². The third-order valence-corrected chi connectivity index (χ3v) is 3.83. The molecule has 0 fully saturated rings. The van der Waals surface area contributed by atoms with Crippen LogP contribution in [-0.4, -0.2) is 13.4 Å². The summed E-state index contributed by atoms with van der Waals surface area (Å²) in [6, 6.07) is 12.1. The number of hydrogen-bond acceptors (Lipinski definition) is 3. The van der Waals surface area contributed by atoms with Gasteiger partial charge in [-0.25, -0.2) is 4.39 Å². The van der Waals surface area contributed by atoms with Crippen molar-refractivity contribution >= 4 is 11.8 Å². The zero-order valence-corrected chi connectivity index (χ0v) is 11.7. The lowest BCUT2D eigenvalue weighted by Crippen LogP contribution is -2.14. The normalized spacial score (nSPS) is 12.2. The van der Waals surface area contributed by atoms with E-state index in [4.69, 9.17) is 10.5 Å². The molecular weight excluding hydrogens is 261 g/mol. The van der Waals surface area contributed by atoms with Gasteiger partial charge in [0.25, 0.3) is 0 Å². The molecule has 1 unspecified atom stereocenters. The Balaban J connectivity index is 2.41. The first-order valence-electron chi connectivity index (χ1n) is 5.89. The van der Waals surface area contributed by atoms with E-state index in [2.05, 4.69) is 0 Å². The van der Waals surface area contributed by atoms with Crippen molar-refractivity contribution < 1.29 is 9.13 Å². The number of thioether (sulfide) groups is 1. The Hall–Kier alpha value is -1.52. The van der Waals surface area contributed by atoms with Crippen LogP contribution in [-0.2, 0) is 0 Å². The molecule has 100 valence electrons. The van der Waals surface area contributed by atoms with Gasteiger partial charge in [0.1, 0.15) is 11.6 Å². The summed E-state index contributed by atoms with van der Waals surface area (Å²) in [5.41, 5.74) is 7.59. The van der Waals surface area contributed by atoms with Crippen LogP contribution in [0.3, 0.4) is 0 Å². The predicted octanol–water partition coefficient (Wildman–Crippen LogP) is 3.60. The Kier molecular flexibility index (Phi) is 4.45. The molecule has 0 aliphatic carbocycles. The second-order valence-electron chi connectivity index (χ2n) is 4.11. The summed E-state index contributed by atoms with van der Waals surface area (Å²) in [6.45, 7) is 0. The van der Waals surface area contributed by atoms with Crippen LogP contribution in [0.1, 0.15) is 17.2 Å². The zero-order chi connectivity index (χ0) is 13.8. The van der Waals surface area contributed by atoms with Crippen LogP contribution in [0.15, 0.2) is 47.4 Å². The van der Waals surface area contributed by atoms with Crippen molar-refractivity contribution in [3.8, 4) is 5.75 Å². The summed E-state index contributed by atoms with van der Waals surface area (Å²) in [4.78, 5) is 1.06. The number of hydrogen-bond donors (Lipinski definition) is 1. The minimum absolute atomic E-state index is 0.345. The number of ether oxygens (including phenoxy) is 1. The van der Waals surface area contributed by atoms with E-state index in [9.17, 15) is 4.39 Å². The highest BCUT2D eigenvalue weighted by Gasteiger charge is 2.16. The maximum atomic E-state index is 14.0. The Bertz CT molecular complexity index is 574. The van der Waals surface area contributed by atoms with Crippen molar-refractivity contribution in [3.05, 3.63) is 59.4 Å². The van der Waals surface area contributed by atoms with Gasteiger partial charge >= 0.3 is 0 Å². The van der Waals surface area contributed by atoms with Crippen molar-refractivity contribution in [2.75, 3.05) is 13.4 Å². The quantitative estimate of drug-likeness (QED) is 0.867. The maximum Gasteiger partial charge on any atom is 0.132 e. The third-order valence-electron chi connectivity index (χ3n) is 3.02. The Morgan fingerprint density at radius 3 is 2.53 bits per heavy atom. The molecule has 0 heterocycles. The van der Waals surface area contributed by atoms with Gasteiger partial charge in [-0.3, -0.25) is 0 Å². The lowest BCUT2D eigenvalue weighted by atomic mass is 9.99. The molecular formula is C15H16FNOS. The fourth-order valence-electron chi connectivity index (χ4n) is 1.98. The average Bonchev–Trinajstić information content (AvgIpc) is 2.46. The van der Waals surface area contributed by atoms with Crippen LogP contribution < -0.4 is 10.5 Å². The molecule has 0 spiro atoms. The molecule has 0 aliphatic rings. The highest BCUT2D eigenvalue weighted by atomic mass is 32.2. The summed E-state index contributed by atoms with van der Waals surface area (Å²) in [7, 11) is 1.51. The predicted molar refractivity (Wildman–Crippen MR) is 77.2 cm³/mol. The molecule has 0 radical (unpaired) electrons. The first-order chi connectivity index (χ1) is 9.17. The van der Waals surface area contributed by atoms with Crippen LogP contribution in [0.25, 0.3) is 0 Å². The van der Waals surface area contributed by atoms with Crippen LogP contribution in [0.5, 0.6) is 5.75 Å². The van der Waals surface area contributed by atoms with Gasteiger partial charge in [0.05, 0.1) is 13.2 Å². The van der Waals surface area contributed by atoms with E-state index in [-0.39, 0.29) is 5.82 Å². The van der Waals surface area contributed by atoms with Crippen LogP contribution in [0.4, 0.5) is 4.39 Å². The van der Waals surface area contributed by atoms with E-state index in [1.54, 1.807) is 23.9 Å². The molecule has 4 heteroatoms. The van der Waals surface area contributed by atoms with Crippen LogP contribution in [0, 0.1) is 5.82 Å². The standard InChI is InChI=1S/C15H16FNOS/c1-18-10-7-8-11(13(16)9-10)15(17)12-5-3-4-6-14(12)19-2/h3-9,15H,17H2,1-2H3. The third kappa shape index (κ3) is 2.91. The first-order valence-corrected chi connectivity index (χ1v) is 7.11. The molecule has 2 nitrogen and oxygen atoms in total. The molecule has 2 N–H and O–H groups in total. The Morgan fingerprint density at radius 2 is 1.89 bits per heavy atom. The van der Waals surface area contributed by atoms with Gasteiger partial charge in [-0.1, -0.05) is 24.3 Å². The number of rotatable bonds is 4. The molecule has 0 bridgehead atoms. The highest BCUT2D eigenvalue weighted by molar-refractivity contribution is 7.98. The van der Waals surface area contributed by atoms with Gasteiger partial charge in [0.15, 0.2) is 0 Å². The highest BCUT2D eigenvalue weighted by Crippen LogP contribution is 2.30. The summed E-state index contributed by atoms with van der Waals surface area (Å²) in [5, 5.41) is 0. The van der Waals surface area contributed by atoms with Gasteiger partial charge in [-0.05, 0) is 24.0 Å². The van der Waals surface area contributed by atoms with Gasteiger partial charge < -0.3 is 10.5 Å². The second kappa shape index (κ2) is 6.08. The van der Waals surface area contributed by atoms with Crippen LogP contribution >= 0.6 is 11.8 Å². The molecule has 0 aliphatic heterocycles. The van der Waals surface area contributed by atoms with Crippen molar-refractivity contribution in [2.45, 2.75) is 10.9 Å². The molecule has 2 rings (SSSR count). The molecule has 0 aromatic heterocycles. The maximum absolute atomic E-state index is 14.0. The monoisotopic (exact) mass is 277 g/mol. The van der Waals surface area contributed by atoms with E-state index in [0.717, 1.165) is 10.5 Å². The van der Waals surface area contributed by atoms with Gasteiger partial charge in [-0.15, -0.1) is 11.8 Å². The lowest BCUT2D eigenvalue weighted by Gasteiger charge is -2.17. The van der Waals surface area contributed by atoms with Crippen molar-refractivity contribution in [1.29, 1.82) is 0 Å². The number of methoxy groups -OCH3 is 1. The molecule has 19 heavy (non-hydrogen) atoms. The largest absolute Gasteiger partial charge is 0.497 e. The SMILES string of the molecule is COc1ccc(C(N)c2ccccc2SC)c(F)c1. The molecule has 0 saturated heterocycles. The average molecular weight is 277 g/mol. The fourth-order valence-corrected chi connectivity index (χ4v) is 2.62. The zero-order valence-electron chi connectivity index (χ0n) is 10.9. The van der Waals surface area contributed by atoms with Gasteiger partial charge in [0, 0.05) is 16.5 Å². The Morgan fingerprint density at radius 1 is 1.16 bits per heavy atom. The molecule has 0 saturated carbocycles. The van der Waals surface area contributed by atoms with E-state index >= 15 is 0 Å². The molecule has 2 aromatic rings. The van der Waals surface area contributed by atoms with Gasteiger partial charge in [-0.2, -0.15) is 0 Å². The summed E-state index contributed by atoms with van der Waals surface area (Å²) >= 11 is 1.60. The molecule has 2 aromatic carbocycles. The fraction of sp³-hybridized carbons (Fsp3) is 0.200. The van der Waals surface area contributed by atoms with E-state index in [0.29, 0.717) is 11.3 Å². The van der Waals surface area contributed by atoms with E-state index in [1.165, 1.54) is 13.2 Å². The minimum Gasteiger partial charge on any atom is -0.497 e. The number of halogens is 1. The minimum atomic E-state index is -0.477. The summed E-state index contributed by atoms with van der Waals surface area (Å²) < 4.78 is 19.0. The van der Waals surface area contributed by atoms with Crippen molar-refractivity contribution in [3.63, 3.8) is 0 Å². The number of benzene rings is 2. The van der Waals surface area contributed by atoms with Crippen LogP contribution in [0.2, 0.25) is 0 Å². The lowest BCUT2D eigenvalue weighted by molar-refractivity contribution is 0.410. The summed E-state index contributed by atoms with van der Waals surface area (Å²) in [6.07, 6.45) is 1.98. The molecule has 0 amide bonds. The first kappa shape index (κ1) is 13.9. The molecule has 1 atom stereocenters. The summed E-state index contributed by atoms with van der Waals surface area (Å²) in [5.74, 6) is 0.148. The van der Waals surface area contributed by atoms with Gasteiger partial charge in [0.2, 0.25) is 0 Å². The second-order valence-corrected chi connectivity index (χ2v) is 4.96. The topological polar surface area (TPSA) is 35.2 Å². The van der Waals surface area contributed by atoms with Crippen molar-refractivity contribution in [1.82, 2.24) is 0 Å².